The van der Waals surface area contributed by atoms with Gasteiger partial charge in [-0.2, -0.15) is 0 Å². The fourth-order valence-corrected chi connectivity index (χ4v) is 2.39. The maximum atomic E-state index is 6.03. The molecule has 0 bridgehead atoms. The van der Waals surface area contributed by atoms with Crippen LogP contribution in [0.4, 0.5) is 0 Å². The van der Waals surface area contributed by atoms with E-state index >= 15 is 0 Å². The van der Waals surface area contributed by atoms with Gasteiger partial charge in [0.05, 0.1) is 5.41 Å². The summed E-state index contributed by atoms with van der Waals surface area (Å²) in [5.74, 6) is 0.845. The van der Waals surface area contributed by atoms with E-state index in [2.05, 4.69) is 41.2 Å². The van der Waals surface area contributed by atoms with Gasteiger partial charge in [-0.25, -0.2) is 4.98 Å². The number of aromatic nitrogens is 4. The van der Waals surface area contributed by atoms with Gasteiger partial charge in [-0.15, -0.1) is 10.2 Å². The zero-order valence-corrected chi connectivity index (χ0v) is 11.5. The lowest BCUT2D eigenvalue weighted by atomic mass is 9.84. The van der Waals surface area contributed by atoms with Crippen LogP contribution >= 0.6 is 11.6 Å². The van der Waals surface area contributed by atoms with E-state index in [0.717, 1.165) is 5.82 Å². The summed E-state index contributed by atoms with van der Waals surface area (Å²) in [6.45, 7) is 4.24. The van der Waals surface area contributed by atoms with E-state index < -0.39 is 0 Å². The quantitative estimate of drug-likeness (QED) is 0.720. The van der Waals surface area contributed by atoms with E-state index in [0.29, 0.717) is 10.8 Å². The van der Waals surface area contributed by atoms with Crippen molar-refractivity contribution in [3.8, 4) is 0 Å². The molecule has 96 valence electrons. The predicted molar refractivity (Wildman–Crippen MR) is 74.4 cm³/mol. The Bertz CT molecular complexity index is 719. The highest BCUT2D eigenvalue weighted by Gasteiger charge is 2.28. The number of benzene rings is 1. The Hall–Kier alpha value is -1.94. The molecule has 2 heterocycles. The fraction of sp³-hybridized carbons (Fsp3) is 0.214. The second-order valence-electron chi connectivity index (χ2n) is 4.93. The van der Waals surface area contributed by atoms with Crippen molar-refractivity contribution in [1.82, 2.24) is 19.6 Å². The lowest BCUT2D eigenvalue weighted by Crippen LogP contribution is -2.22. The first-order valence-electron chi connectivity index (χ1n) is 6.02. The Kier molecular flexibility index (Phi) is 2.75. The summed E-state index contributed by atoms with van der Waals surface area (Å²) in [5, 5.41) is 8.79. The van der Waals surface area contributed by atoms with Crippen LogP contribution in [0.25, 0.3) is 5.65 Å². The molecule has 3 aromatic rings. The monoisotopic (exact) mass is 272 g/mol. The van der Waals surface area contributed by atoms with Gasteiger partial charge in [-0.1, -0.05) is 41.9 Å². The van der Waals surface area contributed by atoms with Crippen molar-refractivity contribution >= 4 is 17.2 Å². The summed E-state index contributed by atoms with van der Waals surface area (Å²) < 4.78 is 1.89. The van der Waals surface area contributed by atoms with Gasteiger partial charge < -0.3 is 0 Å². The van der Waals surface area contributed by atoms with Crippen LogP contribution < -0.4 is 0 Å². The summed E-state index contributed by atoms with van der Waals surface area (Å²) in [5.41, 5.74) is 1.51. The zero-order chi connectivity index (χ0) is 13.5. The molecule has 0 atom stereocenters. The number of hydrogen-bond donors (Lipinski definition) is 0. The minimum atomic E-state index is -0.259. The van der Waals surface area contributed by atoms with E-state index in [4.69, 9.17) is 11.6 Å². The van der Waals surface area contributed by atoms with Crippen molar-refractivity contribution in [2.24, 2.45) is 0 Å². The minimum absolute atomic E-state index is 0.259. The van der Waals surface area contributed by atoms with E-state index in [9.17, 15) is 0 Å². The molecule has 0 N–H and O–H groups in total. The van der Waals surface area contributed by atoms with Gasteiger partial charge in [-0.05, 0) is 19.4 Å². The molecule has 4 nitrogen and oxygen atoms in total. The Morgan fingerprint density at radius 2 is 1.84 bits per heavy atom. The molecule has 0 aliphatic heterocycles. The number of fused-ring (bicyclic) bond motifs is 1. The lowest BCUT2D eigenvalue weighted by Gasteiger charge is -2.23. The second kappa shape index (κ2) is 4.31. The Morgan fingerprint density at radius 3 is 2.58 bits per heavy atom. The highest BCUT2D eigenvalue weighted by molar-refractivity contribution is 6.32. The van der Waals surface area contributed by atoms with Gasteiger partial charge in [-0.3, -0.25) is 4.40 Å². The summed E-state index contributed by atoms with van der Waals surface area (Å²) in [4.78, 5) is 4.02. The van der Waals surface area contributed by atoms with Crippen LogP contribution in [0.1, 0.15) is 25.2 Å². The van der Waals surface area contributed by atoms with Gasteiger partial charge in [0.15, 0.2) is 10.8 Å². The first-order valence-corrected chi connectivity index (χ1v) is 6.40. The molecule has 0 aliphatic rings. The van der Waals surface area contributed by atoms with Crippen molar-refractivity contribution in [3.63, 3.8) is 0 Å². The topological polar surface area (TPSA) is 43.1 Å². The third kappa shape index (κ3) is 1.88. The van der Waals surface area contributed by atoms with Crippen molar-refractivity contribution in [3.05, 3.63) is 59.3 Å². The molecule has 5 heteroatoms. The molecule has 0 spiro atoms. The van der Waals surface area contributed by atoms with Gasteiger partial charge in [0.25, 0.3) is 0 Å². The summed E-state index contributed by atoms with van der Waals surface area (Å²) in [6, 6.07) is 10.2. The molecular formula is C14H13ClN4. The largest absolute Gasteiger partial charge is 0.282 e. The van der Waals surface area contributed by atoms with Crippen LogP contribution in [0.3, 0.4) is 0 Å². The van der Waals surface area contributed by atoms with Gasteiger partial charge in [0.1, 0.15) is 5.82 Å². The molecule has 1 aromatic carbocycles. The van der Waals surface area contributed by atoms with Gasteiger partial charge in [0.2, 0.25) is 0 Å². The third-order valence-electron chi connectivity index (χ3n) is 3.34. The van der Waals surface area contributed by atoms with Crippen LogP contribution in [0.2, 0.25) is 5.15 Å². The third-order valence-corrected chi connectivity index (χ3v) is 3.61. The summed E-state index contributed by atoms with van der Waals surface area (Å²) in [6.07, 6.45) is 3.49. The SMILES string of the molecule is CC(C)(c1ccccc1)c1nnc2c(Cl)nccn12. The van der Waals surface area contributed by atoms with Crippen LogP contribution in [0.5, 0.6) is 0 Å². The number of nitrogens with zero attached hydrogens (tertiary/aromatic N) is 4. The van der Waals surface area contributed by atoms with Crippen molar-refractivity contribution in [2.45, 2.75) is 19.3 Å². The van der Waals surface area contributed by atoms with Crippen LogP contribution in [-0.4, -0.2) is 19.6 Å². The standard InChI is InChI=1S/C14H13ClN4/c1-14(2,10-6-4-3-5-7-10)13-18-17-12-11(15)16-8-9-19(12)13/h3-9H,1-2H3. The smallest absolute Gasteiger partial charge is 0.198 e. The summed E-state index contributed by atoms with van der Waals surface area (Å²) >= 11 is 6.03. The van der Waals surface area contributed by atoms with Gasteiger partial charge >= 0.3 is 0 Å². The fourth-order valence-electron chi connectivity index (χ4n) is 2.21. The molecule has 0 amide bonds. The first kappa shape index (κ1) is 12.1. The molecule has 0 saturated carbocycles. The molecule has 19 heavy (non-hydrogen) atoms. The molecule has 0 saturated heterocycles. The van der Waals surface area contributed by atoms with E-state index in [1.807, 2.05) is 28.8 Å². The summed E-state index contributed by atoms with van der Waals surface area (Å²) in [7, 11) is 0. The van der Waals surface area contributed by atoms with Gasteiger partial charge in [0, 0.05) is 12.4 Å². The highest BCUT2D eigenvalue weighted by Crippen LogP contribution is 2.30. The zero-order valence-electron chi connectivity index (χ0n) is 10.7. The Balaban J connectivity index is 2.22. The van der Waals surface area contributed by atoms with E-state index in [-0.39, 0.29) is 5.41 Å². The Morgan fingerprint density at radius 1 is 1.11 bits per heavy atom. The molecule has 2 aromatic heterocycles. The highest BCUT2D eigenvalue weighted by atomic mass is 35.5. The average Bonchev–Trinajstić information content (AvgIpc) is 2.86. The van der Waals surface area contributed by atoms with Crippen LogP contribution in [-0.2, 0) is 5.41 Å². The molecule has 0 unspecified atom stereocenters. The molecule has 0 fully saturated rings. The normalized spacial score (nSPS) is 11.9. The Labute approximate surface area is 116 Å². The maximum absolute atomic E-state index is 6.03. The van der Waals surface area contributed by atoms with Crippen molar-refractivity contribution < 1.29 is 0 Å². The van der Waals surface area contributed by atoms with Crippen LogP contribution in [0.15, 0.2) is 42.7 Å². The van der Waals surface area contributed by atoms with Crippen molar-refractivity contribution in [1.29, 1.82) is 0 Å². The predicted octanol–water partition coefficient (Wildman–Crippen LogP) is 3.10. The molecule has 3 rings (SSSR count). The molecular weight excluding hydrogens is 260 g/mol. The number of halogens is 1. The number of rotatable bonds is 2. The average molecular weight is 273 g/mol. The first-order chi connectivity index (χ1) is 9.10. The van der Waals surface area contributed by atoms with E-state index in [1.165, 1.54) is 5.56 Å². The molecule has 0 radical (unpaired) electrons. The molecule has 0 aliphatic carbocycles. The van der Waals surface area contributed by atoms with Crippen molar-refractivity contribution in [2.75, 3.05) is 0 Å². The maximum Gasteiger partial charge on any atom is 0.198 e. The van der Waals surface area contributed by atoms with Crippen LogP contribution in [0, 0.1) is 0 Å². The van der Waals surface area contributed by atoms with E-state index in [1.54, 1.807) is 6.20 Å². The number of hydrogen-bond acceptors (Lipinski definition) is 3. The minimum Gasteiger partial charge on any atom is -0.282 e. The lowest BCUT2D eigenvalue weighted by molar-refractivity contribution is 0.582. The second-order valence-corrected chi connectivity index (χ2v) is 5.28.